The van der Waals surface area contributed by atoms with Crippen LogP contribution in [0.5, 0.6) is 0 Å². The zero-order chi connectivity index (χ0) is 19.4. The van der Waals surface area contributed by atoms with Crippen LogP contribution >= 0.6 is 0 Å². The Balaban J connectivity index is 1.75. The third-order valence-electron chi connectivity index (χ3n) is 4.67. The van der Waals surface area contributed by atoms with Crippen LogP contribution in [0.2, 0.25) is 0 Å². The van der Waals surface area contributed by atoms with Crippen molar-refractivity contribution in [2.45, 2.75) is 38.9 Å². The standard InChI is InChI=1S/C20H25N3O3S/c1-15(2)23(13-16-6-4-3-5-7-16)20(24)17-8-10-21-19(12-17)22-18-9-11-27(25,26)14-18/h3-8,10,12,15,18H,9,11,13-14H2,1-2H3,(H,21,22). The van der Waals surface area contributed by atoms with E-state index in [0.29, 0.717) is 24.3 Å². The number of anilines is 1. The number of aromatic nitrogens is 1. The van der Waals surface area contributed by atoms with Gasteiger partial charge in [-0.25, -0.2) is 13.4 Å². The van der Waals surface area contributed by atoms with Crippen molar-refractivity contribution in [2.24, 2.45) is 0 Å². The van der Waals surface area contributed by atoms with Gasteiger partial charge < -0.3 is 10.2 Å². The summed E-state index contributed by atoms with van der Waals surface area (Å²) in [6.07, 6.45) is 2.15. The minimum absolute atomic E-state index is 0.0438. The number of amides is 1. The van der Waals surface area contributed by atoms with Crippen molar-refractivity contribution < 1.29 is 13.2 Å². The van der Waals surface area contributed by atoms with Gasteiger partial charge in [0.2, 0.25) is 0 Å². The lowest BCUT2D eigenvalue weighted by atomic mass is 10.1. The van der Waals surface area contributed by atoms with E-state index in [1.165, 1.54) is 0 Å². The van der Waals surface area contributed by atoms with Gasteiger partial charge in [-0.15, -0.1) is 0 Å². The molecule has 2 aromatic rings. The molecule has 1 aliphatic rings. The van der Waals surface area contributed by atoms with E-state index in [1.807, 2.05) is 49.1 Å². The van der Waals surface area contributed by atoms with Crippen LogP contribution in [0, 0.1) is 0 Å². The second-order valence-corrected chi connectivity index (χ2v) is 9.42. The topological polar surface area (TPSA) is 79.4 Å². The Morgan fingerprint density at radius 2 is 2.00 bits per heavy atom. The van der Waals surface area contributed by atoms with Gasteiger partial charge >= 0.3 is 0 Å². The van der Waals surface area contributed by atoms with E-state index < -0.39 is 9.84 Å². The number of hydrogen-bond acceptors (Lipinski definition) is 5. The molecule has 27 heavy (non-hydrogen) atoms. The fourth-order valence-electron chi connectivity index (χ4n) is 3.20. The maximum atomic E-state index is 13.1. The highest BCUT2D eigenvalue weighted by atomic mass is 32.2. The number of pyridine rings is 1. The molecule has 1 aliphatic heterocycles. The Morgan fingerprint density at radius 3 is 2.63 bits per heavy atom. The normalized spacial score (nSPS) is 18.4. The zero-order valence-electron chi connectivity index (χ0n) is 15.6. The monoisotopic (exact) mass is 387 g/mol. The lowest BCUT2D eigenvalue weighted by molar-refractivity contribution is 0.0690. The molecule has 1 unspecified atom stereocenters. The summed E-state index contributed by atoms with van der Waals surface area (Å²) < 4.78 is 23.2. The first-order valence-corrected chi connectivity index (χ1v) is 10.9. The lowest BCUT2D eigenvalue weighted by Gasteiger charge is -2.27. The molecule has 0 bridgehead atoms. The molecule has 1 aromatic carbocycles. The number of carbonyl (C=O) groups excluding carboxylic acids is 1. The summed E-state index contributed by atoms with van der Waals surface area (Å²) in [5.41, 5.74) is 1.61. The van der Waals surface area contributed by atoms with Crippen molar-refractivity contribution in [2.75, 3.05) is 16.8 Å². The average molecular weight is 388 g/mol. The number of nitrogens with one attached hydrogen (secondary N) is 1. The molecule has 0 aliphatic carbocycles. The van der Waals surface area contributed by atoms with Gasteiger partial charge in [0.05, 0.1) is 11.5 Å². The van der Waals surface area contributed by atoms with Crippen LogP contribution < -0.4 is 5.32 Å². The summed E-state index contributed by atoms with van der Waals surface area (Å²) in [6, 6.07) is 13.2. The molecule has 3 rings (SSSR count). The molecule has 2 heterocycles. The Bertz CT molecular complexity index is 898. The number of nitrogens with zero attached hydrogens (tertiary/aromatic N) is 2. The van der Waals surface area contributed by atoms with E-state index in [9.17, 15) is 13.2 Å². The third-order valence-corrected chi connectivity index (χ3v) is 6.44. The first-order chi connectivity index (χ1) is 12.8. The van der Waals surface area contributed by atoms with Crippen LogP contribution in [0.4, 0.5) is 5.82 Å². The highest BCUT2D eigenvalue weighted by Crippen LogP contribution is 2.19. The zero-order valence-corrected chi connectivity index (χ0v) is 16.4. The van der Waals surface area contributed by atoms with Crippen molar-refractivity contribution in [1.82, 2.24) is 9.88 Å². The first kappa shape index (κ1) is 19.4. The number of sulfone groups is 1. The maximum absolute atomic E-state index is 13.1. The molecule has 1 saturated heterocycles. The van der Waals surface area contributed by atoms with Gasteiger partial charge in [-0.3, -0.25) is 4.79 Å². The summed E-state index contributed by atoms with van der Waals surface area (Å²) in [7, 11) is -2.97. The predicted octanol–water partition coefficient (Wildman–Crippen LogP) is 2.73. The highest BCUT2D eigenvalue weighted by molar-refractivity contribution is 7.91. The Labute approximate surface area is 160 Å². The summed E-state index contributed by atoms with van der Waals surface area (Å²) in [4.78, 5) is 19.1. The van der Waals surface area contributed by atoms with Gasteiger partial charge in [0.25, 0.3) is 5.91 Å². The van der Waals surface area contributed by atoms with Crippen molar-refractivity contribution in [3.05, 3.63) is 59.8 Å². The van der Waals surface area contributed by atoms with Crippen LogP contribution in [0.3, 0.4) is 0 Å². The van der Waals surface area contributed by atoms with Gasteiger partial charge in [0.15, 0.2) is 9.84 Å². The first-order valence-electron chi connectivity index (χ1n) is 9.12. The maximum Gasteiger partial charge on any atom is 0.254 e. The SMILES string of the molecule is CC(C)N(Cc1ccccc1)C(=O)c1ccnc(NC2CCS(=O)(=O)C2)c1. The predicted molar refractivity (Wildman–Crippen MR) is 106 cm³/mol. The van der Waals surface area contributed by atoms with Gasteiger partial charge in [0.1, 0.15) is 5.82 Å². The molecule has 1 fully saturated rings. The largest absolute Gasteiger partial charge is 0.366 e. The fraction of sp³-hybridized carbons (Fsp3) is 0.400. The van der Waals surface area contributed by atoms with Gasteiger partial charge in [-0.2, -0.15) is 0 Å². The van der Waals surface area contributed by atoms with E-state index >= 15 is 0 Å². The number of hydrogen-bond donors (Lipinski definition) is 1. The van der Waals surface area contributed by atoms with E-state index in [2.05, 4.69) is 10.3 Å². The van der Waals surface area contributed by atoms with Crippen LogP contribution in [-0.4, -0.2) is 47.8 Å². The molecule has 1 N–H and O–H groups in total. The lowest BCUT2D eigenvalue weighted by Crippen LogP contribution is -2.36. The molecule has 0 radical (unpaired) electrons. The van der Waals surface area contributed by atoms with E-state index in [-0.39, 0.29) is 29.5 Å². The van der Waals surface area contributed by atoms with Gasteiger partial charge in [0, 0.05) is 30.4 Å². The summed E-state index contributed by atoms with van der Waals surface area (Å²) in [6.45, 7) is 4.51. The molecule has 1 amide bonds. The molecular weight excluding hydrogens is 362 g/mol. The molecule has 7 heteroatoms. The minimum Gasteiger partial charge on any atom is -0.366 e. The number of benzene rings is 1. The number of carbonyl (C=O) groups is 1. The number of rotatable bonds is 6. The summed E-state index contributed by atoms with van der Waals surface area (Å²) in [5, 5.41) is 3.15. The van der Waals surface area contributed by atoms with Crippen molar-refractivity contribution in [3.8, 4) is 0 Å². The summed E-state index contributed by atoms with van der Waals surface area (Å²) >= 11 is 0. The molecule has 1 atom stereocenters. The molecule has 0 saturated carbocycles. The van der Waals surface area contributed by atoms with Crippen LogP contribution in [0.15, 0.2) is 48.7 Å². The Kier molecular flexibility index (Phi) is 5.79. The van der Waals surface area contributed by atoms with E-state index in [0.717, 1.165) is 5.56 Å². The smallest absolute Gasteiger partial charge is 0.254 e. The molecule has 1 aromatic heterocycles. The van der Waals surface area contributed by atoms with Crippen LogP contribution in [-0.2, 0) is 16.4 Å². The highest BCUT2D eigenvalue weighted by Gasteiger charge is 2.28. The van der Waals surface area contributed by atoms with Crippen molar-refractivity contribution in [3.63, 3.8) is 0 Å². The second kappa shape index (κ2) is 8.08. The van der Waals surface area contributed by atoms with Crippen molar-refractivity contribution in [1.29, 1.82) is 0 Å². The van der Waals surface area contributed by atoms with Crippen molar-refractivity contribution >= 4 is 21.6 Å². The second-order valence-electron chi connectivity index (χ2n) is 7.19. The Morgan fingerprint density at radius 1 is 1.26 bits per heavy atom. The van der Waals surface area contributed by atoms with Gasteiger partial charge in [-0.1, -0.05) is 30.3 Å². The third kappa shape index (κ3) is 5.07. The minimum atomic E-state index is -2.97. The molecule has 0 spiro atoms. The van der Waals surface area contributed by atoms with Gasteiger partial charge in [-0.05, 0) is 38.0 Å². The van der Waals surface area contributed by atoms with Crippen LogP contribution in [0.1, 0.15) is 36.2 Å². The summed E-state index contributed by atoms with van der Waals surface area (Å²) in [5.74, 6) is 0.769. The molecule has 6 nitrogen and oxygen atoms in total. The van der Waals surface area contributed by atoms with Crippen LogP contribution in [0.25, 0.3) is 0 Å². The van der Waals surface area contributed by atoms with E-state index in [1.54, 1.807) is 18.3 Å². The molecule has 144 valence electrons. The molecular formula is C20H25N3O3S. The quantitative estimate of drug-likeness (QED) is 0.824. The fourth-order valence-corrected chi connectivity index (χ4v) is 4.87. The average Bonchev–Trinajstić information content (AvgIpc) is 2.98. The van der Waals surface area contributed by atoms with E-state index in [4.69, 9.17) is 0 Å². The Hall–Kier alpha value is -2.41.